The first-order valence-corrected chi connectivity index (χ1v) is 7.61. The molecule has 0 saturated heterocycles. The van der Waals surface area contributed by atoms with Crippen LogP contribution in [-0.4, -0.2) is 28.3 Å². The number of ether oxygens (including phenoxy) is 1. The summed E-state index contributed by atoms with van der Waals surface area (Å²) in [5, 5.41) is 3.60. The second-order valence-corrected chi connectivity index (χ2v) is 5.39. The number of aryl methyl sites for hydroxylation is 1. The van der Waals surface area contributed by atoms with Crippen molar-refractivity contribution in [3.05, 3.63) is 30.1 Å². The summed E-state index contributed by atoms with van der Waals surface area (Å²) in [5.74, 6) is 1.13. The van der Waals surface area contributed by atoms with Crippen LogP contribution in [0.25, 0.3) is 11.0 Å². The quantitative estimate of drug-likeness (QED) is 0.879. The maximum Gasteiger partial charge on any atom is 0.123 e. The molecule has 1 N–H and O–H groups in total. The molecule has 0 spiro atoms. The Bertz CT molecular complexity index is 572. The second-order valence-electron chi connectivity index (χ2n) is 5.39. The number of aromatic nitrogens is 2. The van der Waals surface area contributed by atoms with Gasteiger partial charge in [0, 0.05) is 19.2 Å². The second kappa shape index (κ2) is 5.94. The number of hydrogen-bond donors (Lipinski definition) is 1. The van der Waals surface area contributed by atoms with Gasteiger partial charge in [-0.05, 0) is 38.8 Å². The minimum absolute atomic E-state index is 0.461. The molecule has 1 aromatic heterocycles. The minimum Gasteiger partial charge on any atom is -0.378 e. The largest absolute Gasteiger partial charge is 0.378 e. The molecule has 0 atom stereocenters. The van der Waals surface area contributed by atoms with Crippen molar-refractivity contribution in [2.75, 3.05) is 6.61 Å². The summed E-state index contributed by atoms with van der Waals surface area (Å²) in [6.45, 7) is 6.86. The fourth-order valence-electron chi connectivity index (χ4n) is 2.95. The average Bonchev–Trinajstić information content (AvgIpc) is 2.78. The zero-order valence-electron chi connectivity index (χ0n) is 12.3. The van der Waals surface area contributed by atoms with E-state index in [1.165, 1.54) is 5.52 Å². The number of benzene rings is 1. The minimum atomic E-state index is 0.461. The van der Waals surface area contributed by atoms with Gasteiger partial charge in [0.25, 0.3) is 0 Å². The van der Waals surface area contributed by atoms with E-state index >= 15 is 0 Å². The lowest BCUT2D eigenvalue weighted by Crippen LogP contribution is -2.45. The highest BCUT2D eigenvalue weighted by Gasteiger charge is 2.29. The Hall–Kier alpha value is -1.39. The van der Waals surface area contributed by atoms with Gasteiger partial charge in [0.05, 0.1) is 23.7 Å². The van der Waals surface area contributed by atoms with Gasteiger partial charge in [-0.1, -0.05) is 12.1 Å². The summed E-state index contributed by atoms with van der Waals surface area (Å²) in [6.07, 6.45) is 2.71. The smallest absolute Gasteiger partial charge is 0.123 e. The van der Waals surface area contributed by atoms with Crippen molar-refractivity contribution >= 4 is 11.0 Å². The van der Waals surface area contributed by atoms with Crippen molar-refractivity contribution < 1.29 is 4.74 Å². The molecule has 0 bridgehead atoms. The Labute approximate surface area is 120 Å². The van der Waals surface area contributed by atoms with E-state index in [-0.39, 0.29) is 0 Å². The van der Waals surface area contributed by atoms with Gasteiger partial charge in [-0.3, -0.25) is 0 Å². The number of rotatable bonds is 6. The predicted octanol–water partition coefficient (Wildman–Crippen LogP) is 2.71. The third kappa shape index (κ3) is 2.58. The molecule has 1 heterocycles. The van der Waals surface area contributed by atoms with E-state index in [1.807, 2.05) is 6.07 Å². The van der Waals surface area contributed by atoms with Gasteiger partial charge in [-0.15, -0.1) is 0 Å². The van der Waals surface area contributed by atoms with Crippen molar-refractivity contribution in [1.29, 1.82) is 0 Å². The van der Waals surface area contributed by atoms with E-state index in [9.17, 15) is 0 Å². The van der Waals surface area contributed by atoms with Crippen molar-refractivity contribution in [2.24, 2.45) is 0 Å². The van der Waals surface area contributed by atoms with Crippen LogP contribution in [0.2, 0.25) is 0 Å². The molecule has 0 unspecified atom stereocenters. The van der Waals surface area contributed by atoms with Gasteiger partial charge in [0.15, 0.2) is 0 Å². The molecule has 2 aromatic rings. The molecule has 1 aliphatic rings. The highest BCUT2D eigenvalue weighted by Crippen LogP contribution is 2.24. The highest BCUT2D eigenvalue weighted by molar-refractivity contribution is 5.75. The van der Waals surface area contributed by atoms with Crippen LogP contribution in [0.15, 0.2) is 24.3 Å². The summed E-state index contributed by atoms with van der Waals surface area (Å²) in [5.41, 5.74) is 2.32. The average molecular weight is 273 g/mol. The van der Waals surface area contributed by atoms with E-state index < -0.39 is 0 Å². The molecule has 3 rings (SSSR count). The molecule has 1 aliphatic carbocycles. The maximum absolute atomic E-state index is 5.59. The van der Waals surface area contributed by atoms with E-state index in [4.69, 9.17) is 9.72 Å². The number of hydrogen-bond acceptors (Lipinski definition) is 3. The lowest BCUT2D eigenvalue weighted by molar-refractivity contribution is -0.0104. The van der Waals surface area contributed by atoms with E-state index in [2.05, 4.69) is 41.9 Å². The van der Waals surface area contributed by atoms with Crippen molar-refractivity contribution in [1.82, 2.24) is 14.9 Å². The molecule has 0 aliphatic heterocycles. The van der Waals surface area contributed by atoms with Crippen LogP contribution in [0, 0.1) is 0 Å². The lowest BCUT2D eigenvalue weighted by atomic mass is 9.89. The van der Waals surface area contributed by atoms with E-state index in [0.717, 1.165) is 43.9 Å². The summed E-state index contributed by atoms with van der Waals surface area (Å²) >= 11 is 0. The molecule has 4 nitrogen and oxygen atoms in total. The highest BCUT2D eigenvalue weighted by atomic mass is 16.5. The molecule has 0 radical (unpaired) electrons. The normalized spacial score (nSPS) is 22.1. The van der Waals surface area contributed by atoms with Crippen molar-refractivity contribution in [3.8, 4) is 0 Å². The Morgan fingerprint density at radius 3 is 2.85 bits per heavy atom. The fourth-order valence-corrected chi connectivity index (χ4v) is 2.95. The topological polar surface area (TPSA) is 39.1 Å². The van der Waals surface area contributed by atoms with Gasteiger partial charge >= 0.3 is 0 Å². The molecule has 1 aromatic carbocycles. The van der Waals surface area contributed by atoms with Gasteiger partial charge in [0.1, 0.15) is 5.82 Å². The summed E-state index contributed by atoms with van der Waals surface area (Å²) in [7, 11) is 0. The van der Waals surface area contributed by atoms with Gasteiger partial charge in [-0.25, -0.2) is 4.98 Å². The van der Waals surface area contributed by atoms with Gasteiger partial charge < -0.3 is 14.6 Å². The number of nitrogens with zero attached hydrogens (tertiary/aromatic N) is 2. The summed E-state index contributed by atoms with van der Waals surface area (Å²) in [6, 6.07) is 8.93. The Morgan fingerprint density at radius 2 is 2.10 bits per heavy atom. The Balaban J connectivity index is 1.63. The summed E-state index contributed by atoms with van der Waals surface area (Å²) in [4.78, 5) is 4.74. The first-order chi connectivity index (χ1) is 9.81. The molecule has 1 fully saturated rings. The first-order valence-electron chi connectivity index (χ1n) is 7.61. The Kier molecular flexibility index (Phi) is 4.03. The molecule has 108 valence electrons. The first kappa shape index (κ1) is 13.6. The maximum atomic E-state index is 5.59. The monoisotopic (exact) mass is 273 g/mol. The van der Waals surface area contributed by atoms with Crippen LogP contribution in [-0.2, 0) is 17.8 Å². The standard InChI is InChI=1S/C16H23N3O/c1-3-19-15-8-6-5-7-14(15)18-16(19)11-17-12-9-13(10-12)20-4-2/h5-8,12-13,17H,3-4,9-11H2,1-2H3. The molecular formula is C16H23N3O. The zero-order valence-corrected chi connectivity index (χ0v) is 12.3. The van der Waals surface area contributed by atoms with E-state index in [1.54, 1.807) is 0 Å². The van der Waals surface area contributed by atoms with Gasteiger partial charge in [0.2, 0.25) is 0 Å². The summed E-state index contributed by atoms with van der Waals surface area (Å²) < 4.78 is 7.88. The van der Waals surface area contributed by atoms with Crippen LogP contribution in [0.5, 0.6) is 0 Å². The lowest BCUT2D eigenvalue weighted by Gasteiger charge is -2.35. The predicted molar refractivity (Wildman–Crippen MR) is 80.7 cm³/mol. The van der Waals surface area contributed by atoms with Crippen molar-refractivity contribution in [2.45, 2.75) is 51.9 Å². The van der Waals surface area contributed by atoms with E-state index in [0.29, 0.717) is 12.1 Å². The Morgan fingerprint density at radius 1 is 1.30 bits per heavy atom. The molecule has 1 saturated carbocycles. The number of fused-ring (bicyclic) bond motifs is 1. The van der Waals surface area contributed by atoms with Crippen LogP contribution in [0.1, 0.15) is 32.5 Å². The molecule has 4 heteroatoms. The zero-order chi connectivity index (χ0) is 13.9. The number of imidazole rings is 1. The fraction of sp³-hybridized carbons (Fsp3) is 0.562. The SMILES string of the molecule is CCOC1CC(NCc2nc3ccccc3n2CC)C1. The third-order valence-corrected chi connectivity index (χ3v) is 4.10. The molecule has 0 amide bonds. The number of nitrogens with one attached hydrogen (secondary N) is 1. The molecule has 20 heavy (non-hydrogen) atoms. The molecular weight excluding hydrogens is 250 g/mol. The third-order valence-electron chi connectivity index (χ3n) is 4.10. The van der Waals surface area contributed by atoms with Crippen LogP contribution >= 0.6 is 0 Å². The number of para-hydroxylation sites is 2. The van der Waals surface area contributed by atoms with Gasteiger partial charge in [-0.2, -0.15) is 0 Å². The van der Waals surface area contributed by atoms with Crippen molar-refractivity contribution in [3.63, 3.8) is 0 Å². The van der Waals surface area contributed by atoms with Crippen LogP contribution in [0.3, 0.4) is 0 Å². The van der Waals surface area contributed by atoms with Crippen LogP contribution < -0.4 is 5.32 Å². The van der Waals surface area contributed by atoms with Crippen LogP contribution in [0.4, 0.5) is 0 Å².